The fourth-order valence-corrected chi connectivity index (χ4v) is 5.38. The molecule has 0 radical (unpaired) electrons. The topological polar surface area (TPSA) is 102 Å². The summed E-state index contributed by atoms with van der Waals surface area (Å²) in [6.07, 6.45) is 6.32. The van der Waals surface area contributed by atoms with E-state index in [4.69, 9.17) is 32.4 Å². The standard InChI is InChI=1S/C26H33N7O2S/c1-34-21-11-8-17(16-22(21)35-2)19-9-10-20-23(29-19)24(31-25(27)30-20)32-12-14-33(15-13-32)26(36)28-18-6-4-3-5-7-18/h8-11,16,18H,3-7,12-15H2,1-2H3,(H,28,36)(H2,27,30,31). The van der Waals surface area contributed by atoms with Crippen LogP contribution in [0.2, 0.25) is 0 Å². The lowest BCUT2D eigenvalue weighted by Gasteiger charge is -2.38. The van der Waals surface area contributed by atoms with E-state index in [9.17, 15) is 0 Å². The van der Waals surface area contributed by atoms with E-state index in [1.54, 1.807) is 14.2 Å². The quantitative estimate of drug-likeness (QED) is 0.498. The molecule has 1 aliphatic carbocycles. The largest absolute Gasteiger partial charge is 0.493 e. The van der Waals surface area contributed by atoms with Gasteiger partial charge in [-0.3, -0.25) is 0 Å². The zero-order valence-corrected chi connectivity index (χ0v) is 21.7. The number of nitrogens with zero attached hydrogens (tertiary/aromatic N) is 5. The molecule has 0 unspecified atom stereocenters. The molecule has 1 saturated carbocycles. The first-order valence-electron chi connectivity index (χ1n) is 12.5. The Bertz CT molecular complexity index is 1240. The molecule has 1 aromatic carbocycles. The molecule has 5 rings (SSSR count). The van der Waals surface area contributed by atoms with E-state index in [1.165, 1.54) is 32.1 Å². The van der Waals surface area contributed by atoms with E-state index in [-0.39, 0.29) is 5.95 Å². The van der Waals surface area contributed by atoms with Gasteiger partial charge in [-0.2, -0.15) is 4.98 Å². The number of methoxy groups -OCH3 is 2. The number of aromatic nitrogens is 3. The minimum Gasteiger partial charge on any atom is -0.493 e. The molecule has 2 aromatic heterocycles. The zero-order valence-electron chi connectivity index (χ0n) is 20.9. The molecular formula is C26H33N7O2S. The van der Waals surface area contributed by atoms with Crippen molar-refractivity contribution in [3.05, 3.63) is 30.3 Å². The van der Waals surface area contributed by atoms with Gasteiger partial charge in [-0.05, 0) is 55.4 Å². The van der Waals surface area contributed by atoms with Gasteiger partial charge in [0, 0.05) is 37.8 Å². The van der Waals surface area contributed by atoms with E-state index in [2.05, 4.69) is 25.1 Å². The van der Waals surface area contributed by atoms with Gasteiger partial charge in [-0.25, -0.2) is 9.97 Å². The molecule has 2 fully saturated rings. The lowest BCUT2D eigenvalue weighted by Crippen LogP contribution is -2.53. The van der Waals surface area contributed by atoms with E-state index >= 15 is 0 Å². The zero-order chi connectivity index (χ0) is 25.1. The number of rotatable bonds is 5. The van der Waals surface area contributed by atoms with Crippen molar-refractivity contribution >= 4 is 40.1 Å². The summed E-state index contributed by atoms with van der Waals surface area (Å²) in [5, 5.41) is 4.45. The van der Waals surface area contributed by atoms with Gasteiger partial charge in [0.05, 0.1) is 25.4 Å². The maximum atomic E-state index is 6.08. The second-order valence-electron chi connectivity index (χ2n) is 9.30. The predicted octanol–water partition coefficient (Wildman–Crippen LogP) is 3.62. The number of piperazine rings is 1. The van der Waals surface area contributed by atoms with Crippen molar-refractivity contribution in [1.82, 2.24) is 25.2 Å². The predicted molar refractivity (Wildman–Crippen MR) is 147 cm³/mol. The number of fused-ring (bicyclic) bond motifs is 1. The Morgan fingerprint density at radius 2 is 1.69 bits per heavy atom. The van der Waals surface area contributed by atoms with Crippen LogP contribution in [0, 0.1) is 0 Å². The molecule has 0 spiro atoms. The summed E-state index contributed by atoms with van der Waals surface area (Å²) in [6.45, 7) is 3.19. The maximum absolute atomic E-state index is 6.08. The number of anilines is 2. The Morgan fingerprint density at radius 1 is 0.944 bits per heavy atom. The third-order valence-corrected chi connectivity index (χ3v) is 7.40. The van der Waals surface area contributed by atoms with E-state index < -0.39 is 0 Å². The number of hydrogen-bond acceptors (Lipinski definition) is 8. The Labute approximate surface area is 217 Å². The van der Waals surface area contributed by atoms with Gasteiger partial charge in [-0.15, -0.1) is 0 Å². The van der Waals surface area contributed by atoms with Crippen LogP contribution in [-0.4, -0.2) is 71.4 Å². The molecule has 0 atom stereocenters. The summed E-state index contributed by atoms with van der Waals surface area (Å²) in [5.41, 5.74) is 9.25. The van der Waals surface area contributed by atoms with Crippen molar-refractivity contribution in [3.8, 4) is 22.8 Å². The van der Waals surface area contributed by atoms with Gasteiger partial charge in [0.25, 0.3) is 0 Å². The fraction of sp³-hybridized carbons (Fsp3) is 0.462. The van der Waals surface area contributed by atoms with Crippen LogP contribution in [0.1, 0.15) is 32.1 Å². The number of nitrogen functional groups attached to an aromatic ring is 1. The van der Waals surface area contributed by atoms with Gasteiger partial charge in [0.2, 0.25) is 5.95 Å². The number of benzene rings is 1. The van der Waals surface area contributed by atoms with Gasteiger partial charge < -0.3 is 30.3 Å². The van der Waals surface area contributed by atoms with E-state index in [1.807, 2.05) is 30.3 Å². The first kappa shape index (κ1) is 24.3. The van der Waals surface area contributed by atoms with Gasteiger partial charge in [0.1, 0.15) is 5.52 Å². The number of nitrogens with two attached hydrogens (primary N) is 1. The Kier molecular flexibility index (Phi) is 7.22. The number of thiocarbonyl (C=S) groups is 1. The highest BCUT2D eigenvalue weighted by Gasteiger charge is 2.24. The molecule has 0 amide bonds. The third-order valence-electron chi connectivity index (χ3n) is 7.02. The van der Waals surface area contributed by atoms with Crippen LogP contribution in [0.25, 0.3) is 22.3 Å². The fourth-order valence-electron chi connectivity index (χ4n) is 5.03. The minimum atomic E-state index is 0.245. The smallest absolute Gasteiger partial charge is 0.222 e. The highest BCUT2D eigenvalue weighted by Crippen LogP contribution is 2.33. The number of ether oxygens (including phenoxy) is 2. The SMILES string of the molecule is COc1ccc(-c2ccc3nc(N)nc(N4CCN(C(=S)NC5CCCCC5)CC4)c3n2)cc1OC. The van der Waals surface area contributed by atoms with Gasteiger partial charge in [0.15, 0.2) is 22.4 Å². The van der Waals surface area contributed by atoms with Crippen LogP contribution < -0.4 is 25.4 Å². The Balaban J connectivity index is 1.36. The molecule has 3 N–H and O–H groups in total. The van der Waals surface area contributed by atoms with Crippen LogP contribution in [0.3, 0.4) is 0 Å². The molecule has 0 bridgehead atoms. The lowest BCUT2D eigenvalue weighted by atomic mass is 9.96. The maximum Gasteiger partial charge on any atom is 0.222 e. The summed E-state index contributed by atoms with van der Waals surface area (Å²) in [4.78, 5) is 18.5. The van der Waals surface area contributed by atoms with Crippen molar-refractivity contribution < 1.29 is 9.47 Å². The van der Waals surface area contributed by atoms with E-state index in [0.29, 0.717) is 17.5 Å². The van der Waals surface area contributed by atoms with Crippen molar-refractivity contribution in [2.75, 3.05) is 51.0 Å². The molecule has 190 valence electrons. The first-order valence-corrected chi connectivity index (χ1v) is 12.9. The first-order chi connectivity index (χ1) is 17.6. The highest BCUT2D eigenvalue weighted by atomic mass is 32.1. The lowest BCUT2D eigenvalue weighted by molar-refractivity contribution is 0.354. The monoisotopic (exact) mass is 507 g/mol. The number of nitrogens with one attached hydrogen (secondary N) is 1. The molecule has 3 heterocycles. The molecule has 10 heteroatoms. The number of pyridine rings is 1. The van der Waals surface area contributed by atoms with Crippen molar-refractivity contribution in [3.63, 3.8) is 0 Å². The van der Waals surface area contributed by atoms with Crippen LogP contribution >= 0.6 is 12.2 Å². The summed E-state index contributed by atoms with van der Waals surface area (Å²) in [5.74, 6) is 2.33. The third kappa shape index (κ3) is 5.09. The summed E-state index contributed by atoms with van der Waals surface area (Å²) in [6, 6.07) is 10.1. The molecule has 1 saturated heterocycles. The van der Waals surface area contributed by atoms with Crippen molar-refractivity contribution in [2.24, 2.45) is 0 Å². The van der Waals surface area contributed by atoms with Crippen LogP contribution in [0.5, 0.6) is 11.5 Å². The molecule has 3 aromatic rings. The minimum absolute atomic E-state index is 0.245. The van der Waals surface area contributed by atoms with E-state index in [0.717, 1.165) is 59.4 Å². The van der Waals surface area contributed by atoms with Crippen LogP contribution in [0.15, 0.2) is 30.3 Å². The number of hydrogen-bond donors (Lipinski definition) is 2. The average molecular weight is 508 g/mol. The Morgan fingerprint density at radius 3 is 2.42 bits per heavy atom. The molecular weight excluding hydrogens is 474 g/mol. The summed E-state index contributed by atoms with van der Waals surface area (Å²) >= 11 is 5.74. The second kappa shape index (κ2) is 10.7. The normalized spacial score (nSPS) is 16.7. The van der Waals surface area contributed by atoms with Crippen molar-refractivity contribution in [2.45, 2.75) is 38.1 Å². The molecule has 2 aliphatic rings. The molecule has 36 heavy (non-hydrogen) atoms. The Hall–Kier alpha value is -3.40. The summed E-state index contributed by atoms with van der Waals surface area (Å²) < 4.78 is 10.8. The van der Waals surface area contributed by atoms with Gasteiger partial charge in [-0.1, -0.05) is 19.3 Å². The molecule has 9 nitrogen and oxygen atoms in total. The second-order valence-corrected chi connectivity index (χ2v) is 9.68. The van der Waals surface area contributed by atoms with Gasteiger partial charge >= 0.3 is 0 Å². The van der Waals surface area contributed by atoms with Crippen LogP contribution in [0.4, 0.5) is 11.8 Å². The average Bonchev–Trinajstić information content (AvgIpc) is 2.92. The molecule has 1 aliphatic heterocycles. The van der Waals surface area contributed by atoms with Crippen molar-refractivity contribution in [1.29, 1.82) is 0 Å². The highest BCUT2D eigenvalue weighted by molar-refractivity contribution is 7.80. The summed E-state index contributed by atoms with van der Waals surface area (Å²) in [7, 11) is 3.25. The van der Waals surface area contributed by atoms with Crippen LogP contribution in [-0.2, 0) is 0 Å².